The molecule has 1 aromatic heterocycles. The fraction of sp³-hybridized carbons (Fsp3) is 0.250. The summed E-state index contributed by atoms with van der Waals surface area (Å²) in [5, 5.41) is 11.9. The van der Waals surface area contributed by atoms with Gasteiger partial charge in [-0.2, -0.15) is 4.80 Å². The SMILES string of the molecule is COc1ccc(-c2nnn(CC(=O)O[C@H](C)C(=O)c3ccc(F)cc3)n2)cc1OC. The summed E-state index contributed by atoms with van der Waals surface area (Å²) in [5.41, 5.74) is 0.860. The van der Waals surface area contributed by atoms with Crippen molar-refractivity contribution in [3.05, 3.63) is 53.8 Å². The Kier molecular flexibility index (Phi) is 6.35. The molecule has 0 amide bonds. The minimum absolute atomic E-state index is 0.242. The van der Waals surface area contributed by atoms with E-state index in [1.165, 1.54) is 33.3 Å². The zero-order valence-corrected chi connectivity index (χ0v) is 16.5. The summed E-state index contributed by atoms with van der Waals surface area (Å²) >= 11 is 0. The summed E-state index contributed by atoms with van der Waals surface area (Å²) in [4.78, 5) is 25.5. The van der Waals surface area contributed by atoms with Gasteiger partial charge < -0.3 is 14.2 Å². The number of aromatic nitrogens is 4. The fourth-order valence-electron chi connectivity index (χ4n) is 2.65. The monoisotopic (exact) mass is 414 g/mol. The van der Waals surface area contributed by atoms with Gasteiger partial charge in [-0.3, -0.25) is 4.79 Å². The topological polar surface area (TPSA) is 105 Å². The van der Waals surface area contributed by atoms with Crippen LogP contribution >= 0.6 is 0 Å². The summed E-state index contributed by atoms with van der Waals surface area (Å²) in [6.07, 6.45) is -1.04. The van der Waals surface area contributed by atoms with Crippen molar-refractivity contribution in [1.29, 1.82) is 0 Å². The number of methoxy groups -OCH3 is 2. The van der Waals surface area contributed by atoms with Crippen LogP contribution in [0.25, 0.3) is 11.4 Å². The van der Waals surface area contributed by atoms with Crippen molar-refractivity contribution in [3.8, 4) is 22.9 Å². The first-order valence-electron chi connectivity index (χ1n) is 8.90. The second-order valence-electron chi connectivity index (χ2n) is 6.22. The van der Waals surface area contributed by atoms with E-state index in [1.807, 2.05) is 0 Å². The van der Waals surface area contributed by atoms with E-state index < -0.39 is 23.7 Å². The van der Waals surface area contributed by atoms with Crippen molar-refractivity contribution in [3.63, 3.8) is 0 Å². The molecule has 156 valence electrons. The lowest BCUT2D eigenvalue weighted by atomic mass is 10.1. The van der Waals surface area contributed by atoms with Crippen LogP contribution in [0.2, 0.25) is 0 Å². The van der Waals surface area contributed by atoms with Crippen LogP contribution in [-0.2, 0) is 16.1 Å². The Labute approximate surface area is 171 Å². The van der Waals surface area contributed by atoms with Gasteiger partial charge in [-0.15, -0.1) is 10.2 Å². The average molecular weight is 414 g/mol. The third-order valence-corrected chi connectivity index (χ3v) is 4.17. The van der Waals surface area contributed by atoms with Gasteiger partial charge in [0, 0.05) is 11.1 Å². The number of hydrogen-bond acceptors (Lipinski definition) is 8. The Hall–Kier alpha value is -3.82. The third kappa shape index (κ3) is 4.77. The van der Waals surface area contributed by atoms with Crippen LogP contribution in [0, 0.1) is 5.82 Å². The summed E-state index contributed by atoms with van der Waals surface area (Å²) in [5.74, 6) is -0.288. The number of hydrogen-bond donors (Lipinski definition) is 0. The van der Waals surface area contributed by atoms with Gasteiger partial charge in [0.2, 0.25) is 11.6 Å². The smallest absolute Gasteiger partial charge is 0.330 e. The molecule has 0 saturated heterocycles. The largest absolute Gasteiger partial charge is 0.493 e. The molecule has 3 aromatic rings. The Morgan fingerprint density at radius 2 is 1.77 bits per heavy atom. The lowest BCUT2D eigenvalue weighted by molar-refractivity contribution is -0.147. The normalized spacial score (nSPS) is 11.6. The molecule has 0 fully saturated rings. The van der Waals surface area contributed by atoms with E-state index in [4.69, 9.17) is 14.2 Å². The molecular weight excluding hydrogens is 395 g/mol. The molecule has 9 nitrogen and oxygen atoms in total. The zero-order valence-electron chi connectivity index (χ0n) is 16.5. The molecule has 0 saturated carbocycles. The maximum Gasteiger partial charge on any atom is 0.330 e. The number of rotatable bonds is 8. The van der Waals surface area contributed by atoms with E-state index in [-0.39, 0.29) is 17.9 Å². The van der Waals surface area contributed by atoms with Crippen molar-refractivity contribution in [2.45, 2.75) is 19.6 Å². The number of halogens is 1. The summed E-state index contributed by atoms with van der Waals surface area (Å²) < 4.78 is 28.5. The maximum atomic E-state index is 13.0. The number of Topliss-reactive ketones (excluding diaryl/α,β-unsaturated/α-hetero) is 1. The molecule has 1 atom stereocenters. The van der Waals surface area contributed by atoms with E-state index >= 15 is 0 Å². The van der Waals surface area contributed by atoms with E-state index in [1.54, 1.807) is 18.2 Å². The Bertz CT molecular complexity index is 1050. The predicted molar refractivity (Wildman–Crippen MR) is 103 cm³/mol. The Morgan fingerprint density at radius 1 is 1.07 bits per heavy atom. The molecule has 1 heterocycles. The molecule has 2 aromatic carbocycles. The molecule has 3 rings (SSSR count). The molecule has 0 aliphatic carbocycles. The number of ether oxygens (including phenoxy) is 3. The van der Waals surface area contributed by atoms with Crippen LogP contribution in [0.15, 0.2) is 42.5 Å². The first kappa shape index (κ1) is 20.9. The second-order valence-corrected chi connectivity index (χ2v) is 6.22. The van der Waals surface area contributed by atoms with E-state index in [0.717, 1.165) is 16.9 Å². The van der Waals surface area contributed by atoms with Gasteiger partial charge in [0.25, 0.3) is 0 Å². The Balaban J connectivity index is 1.63. The predicted octanol–water partition coefficient (Wildman–Crippen LogP) is 2.31. The van der Waals surface area contributed by atoms with Crippen LogP contribution in [0.1, 0.15) is 17.3 Å². The summed E-state index contributed by atoms with van der Waals surface area (Å²) in [6.45, 7) is 1.11. The first-order valence-corrected chi connectivity index (χ1v) is 8.90. The highest BCUT2D eigenvalue weighted by molar-refractivity contribution is 6.00. The first-order chi connectivity index (χ1) is 14.4. The van der Waals surface area contributed by atoms with Gasteiger partial charge in [-0.1, -0.05) is 0 Å². The van der Waals surface area contributed by atoms with E-state index in [0.29, 0.717) is 17.1 Å². The zero-order chi connectivity index (χ0) is 21.7. The standard InChI is InChI=1S/C20H19FN4O5/c1-12(19(27)13-4-7-15(21)8-5-13)30-18(26)11-25-23-20(22-24-25)14-6-9-16(28-2)17(10-14)29-3/h4-10,12H,11H2,1-3H3/t12-/m1/s1. The van der Waals surface area contributed by atoms with Crippen molar-refractivity contribution in [2.75, 3.05) is 14.2 Å². The number of nitrogens with zero attached hydrogens (tertiary/aromatic N) is 4. The molecule has 0 aliphatic heterocycles. The van der Waals surface area contributed by atoms with Crippen LogP contribution in [0.4, 0.5) is 4.39 Å². The van der Waals surface area contributed by atoms with Crippen LogP contribution in [0.3, 0.4) is 0 Å². The highest BCUT2D eigenvalue weighted by Crippen LogP contribution is 2.30. The van der Waals surface area contributed by atoms with E-state index in [2.05, 4.69) is 15.4 Å². The Morgan fingerprint density at radius 3 is 2.43 bits per heavy atom. The number of ketones is 1. The van der Waals surface area contributed by atoms with E-state index in [9.17, 15) is 14.0 Å². The van der Waals surface area contributed by atoms with Crippen molar-refractivity contribution in [2.24, 2.45) is 0 Å². The molecule has 0 N–H and O–H groups in total. The van der Waals surface area contributed by atoms with Crippen LogP contribution < -0.4 is 9.47 Å². The molecule has 0 radical (unpaired) electrons. The molecule has 10 heteroatoms. The van der Waals surface area contributed by atoms with Gasteiger partial charge in [0.05, 0.1) is 14.2 Å². The van der Waals surface area contributed by atoms with Crippen molar-refractivity contribution >= 4 is 11.8 Å². The number of esters is 1. The van der Waals surface area contributed by atoms with Crippen molar-refractivity contribution in [1.82, 2.24) is 20.2 Å². The van der Waals surface area contributed by atoms with Crippen LogP contribution in [-0.4, -0.2) is 52.3 Å². The quantitative estimate of drug-likeness (QED) is 0.408. The van der Waals surface area contributed by atoms with Crippen molar-refractivity contribution < 1.29 is 28.2 Å². The highest BCUT2D eigenvalue weighted by Gasteiger charge is 2.20. The lowest BCUT2D eigenvalue weighted by Crippen LogP contribution is -2.27. The second kappa shape index (κ2) is 9.12. The molecule has 0 unspecified atom stereocenters. The number of carbonyl (C=O) groups is 2. The van der Waals surface area contributed by atoms with Gasteiger partial charge in [-0.05, 0) is 54.6 Å². The third-order valence-electron chi connectivity index (χ3n) is 4.17. The minimum atomic E-state index is -1.04. The fourth-order valence-corrected chi connectivity index (χ4v) is 2.65. The molecule has 0 spiro atoms. The summed E-state index contributed by atoms with van der Waals surface area (Å²) in [6, 6.07) is 10.1. The van der Waals surface area contributed by atoms with Crippen LogP contribution in [0.5, 0.6) is 11.5 Å². The maximum absolute atomic E-state index is 13.0. The van der Waals surface area contributed by atoms with Gasteiger partial charge in [-0.25, -0.2) is 9.18 Å². The molecule has 30 heavy (non-hydrogen) atoms. The molecule has 0 aliphatic rings. The summed E-state index contributed by atoms with van der Waals surface area (Å²) in [7, 11) is 3.04. The lowest BCUT2D eigenvalue weighted by Gasteiger charge is -2.12. The van der Waals surface area contributed by atoms with Gasteiger partial charge in [0.15, 0.2) is 24.1 Å². The number of carbonyl (C=O) groups excluding carboxylic acids is 2. The molecule has 0 bridgehead atoms. The van der Waals surface area contributed by atoms with Gasteiger partial charge in [0.1, 0.15) is 5.82 Å². The molecular formula is C20H19FN4O5. The number of tetrazole rings is 1. The average Bonchev–Trinajstić information content (AvgIpc) is 3.21. The minimum Gasteiger partial charge on any atom is -0.493 e. The highest BCUT2D eigenvalue weighted by atomic mass is 19.1. The number of benzene rings is 2. The van der Waals surface area contributed by atoms with Gasteiger partial charge >= 0.3 is 5.97 Å².